The predicted octanol–water partition coefficient (Wildman–Crippen LogP) is 3.61. The third-order valence-electron chi connectivity index (χ3n) is 3.58. The van der Waals surface area contributed by atoms with E-state index in [1.165, 1.54) is 0 Å². The highest BCUT2D eigenvalue weighted by Gasteiger charge is 2.35. The van der Waals surface area contributed by atoms with E-state index in [9.17, 15) is 9.59 Å². The van der Waals surface area contributed by atoms with E-state index in [-0.39, 0.29) is 6.61 Å². The van der Waals surface area contributed by atoms with E-state index in [1.54, 1.807) is 25.1 Å². The van der Waals surface area contributed by atoms with Gasteiger partial charge < -0.3 is 10.1 Å². The van der Waals surface area contributed by atoms with Crippen molar-refractivity contribution in [2.45, 2.75) is 12.8 Å². The molecule has 0 radical (unpaired) electrons. The molecule has 2 aromatic rings. The monoisotopic (exact) mass is 315 g/mol. The maximum absolute atomic E-state index is 12.5. The van der Waals surface area contributed by atoms with Gasteiger partial charge in [0.05, 0.1) is 6.61 Å². The third kappa shape index (κ3) is 2.46. The van der Waals surface area contributed by atoms with Gasteiger partial charge in [-0.15, -0.1) is 0 Å². The van der Waals surface area contributed by atoms with Gasteiger partial charge in [0, 0.05) is 16.3 Å². The summed E-state index contributed by atoms with van der Waals surface area (Å²) >= 11 is 6.07. The number of anilines is 1. The van der Waals surface area contributed by atoms with Gasteiger partial charge in [-0.2, -0.15) is 0 Å². The molecule has 1 aliphatic rings. The fraction of sp³-hybridized carbons (Fsp3) is 0.176. The minimum Gasteiger partial charge on any atom is -0.465 e. The Labute approximate surface area is 133 Å². The maximum Gasteiger partial charge on any atom is 0.323 e. The molecule has 5 heteroatoms. The van der Waals surface area contributed by atoms with Gasteiger partial charge in [-0.05, 0) is 36.2 Å². The first-order chi connectivity index (χ1) is 10.6. The molecule has 0 aromatic heterocycles. The number of ether oxygens (including phenoxy) is 1. The predicted molar refractivity (Wildman–Crippen MR) is 84.9 cm³/mol. The Morgan fingerprint density at radius 2 is 2.00 bits per heavy atom. The number of hydrogen-bond acceptors (Lipinski definition) is 3. The van der Waals surface area contributed by atoms with Crippen molar-refractivity contribution >= 4 is 29.2 Å². The van der Waals surface area contributed by atoms with E-state index >= 15 is 0 Å². The Morgan fingerprint density at radius 1 is 1.23 bits per heavy atom. The molecule has 22 heavy (non-hydrogen) atoms. The summed E-state index contributed by atoms with van der Waals surface area (Å²) in [5.41, 5.74) is 2.89. The van der Waals surface area contributed by atoms with Crippen LogP contribution in [0.2, 0.25) is 5.02 Å². The van der Waals surface area contributed by atoms with Crippen molar-refractivity contribution < 1.29 is 14.3 Å². The van der Waals surface area contributed by atoms with E-state index in [0.29, 0.717) is 16.3 Å². The normalized spacial score (nSPS) is 16.1. The Morgan fingerprint density at radius 3 is 2.77 bits per heavy atom. The van der Waals surface area contributed by atoms with E-state index < -0.39 is 17.8 Å². The summed E-state index contributed by atoms with van der Waals surface area (Å²) in [5.74, 6) is -2.01. The van der Waals surface area contributed by atoms with Crippen LogP contribution in [0.5, 0.6) is 0 Å². The second-order valence-corrected chi connectivity index (χ2v) is 5.39. The minimum atomic E-state index is -1.03. The molecule has 0 saturated carbocycles. The van der Waals surface area contributed by atoms with Crippen LogP contribution in [0, 0.1) is 0 Å². The number of rotatable bonds is 2. The van der Waals surface area contributed by atoms with Crippen LogP contribution < -0.4 is 5.32 Å². The number of halogens is 1. The molecule has 4 nitrogen and oxygen atoms in total. The van der Waals surface area contributed by atoms with E-state index in [4.69, 9.17) is 16.3 Å². The summed E-state index contributed by atoms with van der Waals surface area (Å²) in [5, 5.41) is 3.27. The molecule has 0 bridgehead atoms. The average Bonchev–Trinajstić information content (AvgIpc) is 2.60. The molecule has 0 fully saturated rings. The first-order valence-electron chi connectivity index (χ1n) is 6.98. The Kier molecular flexibility index (Phi) is 3.86. The highest BCUT2D eigenvalue weighted by molar-refractivity contribution is 6.31. The lowest BCUT2D eigenvalue weighted by atomic mass is 9.91. The largest absolute Gasteiger partial charge is 0.465 e. The lowest BCUT2D eigenvalue weighted by molar-refractivity contribution is -0.147. The molecule has 0 spiro atoms. The van der Waals surface area contributed by atoms with Crippen molar-refractivity contribution in [3.8, 4) is 11.1 Å². The molecule has 1 atom stereocenters. The third-order valence-corrected chi connectivity index (χ3v) is 3.82. The van der Waals surface area contributed by atoms with E-state index in [2.05, 4.69) is 5.32 Å². The lowest BCUT2D eigenvalue weighted by Crippen LogP contribution is -2.28. The number of nitrogens with one attached hydrogen (secondary N) is 1. The van der Waals surface area contributed by atoms with E-state index in [0.717, 1.165) is 11.1 Å². The quantitative estimate of drug-likeness (QED) is 0.680. The first kappa shape index (κ1) is 14.6. The summed E-state index contributed by atoms with van der Waals surface area (Å²) < 4.78 is 5.06. The molecule has 2 aromatic carbocycles. The molecule has 0 aliphatic carbocycles. The smallest absolute Gasteiger partial charge is 0.323 e. The zero-order chi connectivity index (χ0) is 15.7. The first-order valence-corrected chi connectivity index (χ1v) is 7.36. The van der Waals surface area contributed by atoms with Crippen molar-refractivity contribution in [3.05, 3.63) is 53.1 Å². The number of benzene rings is 2. The fourth-order valence-electron chi connectivity index (χ4n) is 2.65. The van der Waals surface area contributed by atoms with Crippen molar-refractivity contribution in [1.29, 1.82) is 0 Å². The highest BCUT2D eigenvalue weighted by Crippen LogP contribution is 2.39. The Balaban J connectivity index is 2.23. The number of fused-ring (bicyclic) bond motifs is 3. The second kappa shape index (κ2) is 5.81. The van der Waals surface area contributed by atoms with Gasteiger partial charge in [0.15, 0.2) is 5.92 Å². The molecule has 1 N–H and O–H groups in total. The SMILES string of the molecule is CCOC(=O)[C@@H]1C(=O)Nc2ccccc2-c2ccc(Cl)cc21. The van der Waals surface area contributed by atoms with Gasteiger partial charge in [0.2, 0.25) is 5.91 Å². The van der Waals surface area contributed by atoms with Crippen LogP contribution in [0.15, 0.2) is 42.5 Å². The maximum atomic E-state index is 12.5. The summed E-state index contributed by atoms with van der Waals surface area (Å²) in [7, 11) is 0. The summed E-state index contributed by atoms with van der Waals surface area (Å²) in [4.78, 5) is 24.8. The van der Waals surface area contributed by atoms with Gasteiger partial charge >= 0.3 is 5.97 Å². The number of amides is 1. The molecule has 3 rings (SSSR count). The van der Waals surface area contributed by atoms with Crippen LogP contribution in [0.4, 0.5) is 5.69 Å². The van der Waals surface area contributed by atoms with Gasteiger partial charge in [0.25, 0.3) is 0 Å². The molecule has 1 heterocycles. The van der Waals surface area contributed by atoms with Crippen LogP contribution in [-0.2, 0) is 14.3 Å². The van der Waals surface area contributed by atoms with Crippen LogP contribution in [0.3, 0.4) is 0 Å². The van der Waals surface area contributed by atoms with Crippen LogP contribution in [0.25, 0.3) is 11.1 Å². The summed E-state index contributed by atoms with van der Waals surface area (Å²) in [6, 6.07) is 12.6. The summed E-state index contributed by atoms with van der Waals surface area (Å²) in [6.07, 6.45) is 0. The van der Waals surface area contributed by atoms with Crippen molar-refractivity contribution in [3.63, 3.8) is 0 Å². The zero-order valence-electron chi connectivity index (χ0n) is 11.9. The standard InChI is InChI=1S/C17H14ClNO3/c1-2-22-17(21)15-13-9-10(18)7-8-11(13)12-5-3-4-6-14(12)19-16(15)20/h3-9,15H,2H2,1H3,(H,19,20)/t15-/m0/s1. The van der Waals surface area contributed by atoms with Crippen molar-refractivity contribution in [1.82, 2.24) is 0 Å². The number of para-hydroxylation sites is 1. The minimum absolute atomic E-state index is 0.214. The molecular formula is C17H14ClNO3. The van der Waals surface area contributed by atoms with Gasteiger partial charge in [0.1, 0.15) is 0 Å². The van der Waals surface area contributed by atoms with Crippen LogP contribution in [0.1, 0.15) is 18.4 Å². The number of carbonyl (C=O) groups is 2. The molecule has 0 unspecified atom stereocenters. The van der Waals surface area contributed by atoms with E-state index in [1.807, 2.05) is 24.3 Å². The molecule has 1 amide bonds. The number of hydrogen-bond donors (Lipinski definition) is 1. The van der Waals surface area contributed by atoms with Gasteiger partial charge in [-0.1, -0.05) is 35.9 Å². The Hall–Kier alpha value is -2.33. The fourth-order valence-corrected chi connectivity index (χ4v) is 2.83. The molecular weight excluding hydrogens is 302 g/mol. The highest BCUT2D eigenvalue weighted by atomic mass is 35.5. The van der Waals surface area contributed by atoms with Gasteiger partial charge in [-0.25, -0.2) is 0 Å². The summed E-state index contributed by atoms with van der Waals surface area (Å²) in [6.45, 7) is 1.92. The zero-order valence-corrected chi connectivity index (χ0v) is 12.7. The van der Waals surface area contributed by atoms with Crippen molar-refractivity contribution in [2.75, 3.05) is 11.9 Å². The lowest BCUT2D eigenvalue weighted by Gasteiger charge is -2.15. The van der Waals surface area contributed by atoms with Crippen molar-refractivity contribution in [2.24, 2.45) is 0 Å². The van der Waals surface area contributed by atoms with Gasteiger partial charge in [-0.3, -0.25) is 9.59 Å². The van der Waals surface area contributed by atoms with Crippen LogP contribution >= 0.6 is 11.6 Å². The topological polar surface area (TPSA) is 55.4 Å². The number of carbonyl (C=O) groups excluding carboxylic acids is 2. The molecule has 0 saturated heterocycles. The number of esters is 1. The second-order valence-electron chi connectivity index (χ2n) is 4.95. The average molecular weight is 316 g/mol. The van der Waals surface area contributed by atoms with Crippen LogP contribution in [-0.4, -0.2) is 18.5 Å². The Bertz CT molecular complexity index is 757. The molecule has 112 valence electrons. The molecule has 1 aliphatic heterocycles.